The minimum absolute atomic E-state index is 0.0620. The van der Waals surface area contributed by atoms with Gasteiger partial charge in [0.2, 0.25) is 6.29 Å². The summed E-state index contributed by atoms with van der Waals surface area (Å²) in [6.07, 6.45) is -0.682. The molecular weight excluding hydrogens is 508 g/mol. The van der Waals surface area contributed by atoms with E-state index >= 15 is 0 Å². The smallest absolute Gasteiger partial charge is 0.305 e. The Balaban J connectivity index is 2.16. The molecule has 0 bridgehead atoms. The van der Waals surface area contributed by atoms with E-state index in [4.69, 9.17) is 35.3 Å². The third-order valence-electron chi connectivity index (χ3n) is 7.06. The molecule has 10 nitrogen and oxygen atoms in total. The first-order valence-electron chi connectivity index (χ1n) is 12.4. The monoisotopic (exact) mass is 544 g/mol. The highest BCUT2D eigenvalue weighted by Gasteiger charge is 2.61. The molecule has 1 aliphatic carbocycles. The summed E-state index contributed by atoms with van der Waals surface area (Å²) >= 11 is 6.34. The number of ether oxygens (including phenoxy) is 5. The molecule has 0 radical (unpaired) electrons. The van der Waals surface area contributed by atoms with Crippen LogP contribution in [-0.4, -0.2) is 75.9 Å². The zero-order chi connectivity index (χ0) is 27.7. The Bertz CT molecular complexity index is 955. The second kappa shape index (κ2) is 11.3. The number of alkyl halides is 1. The van der Waals surface area contributed by atoms with Crippen molar-refractivity contribution in [2.75, 3.05) is 5.88 Å². The van der Waals surface area contributed by atoms with Crippen LogP contribution in [0.2, 0.25) is 0 Å². The molecule has 9 unspecified atom stereocenters. The first-order chi connectivity index (χ1) is 17.2. The number of esters is 3. The van der Waals surface area contributed by atoms with Crippen molar-refractivity contribution in [1.82, 2.24) is 0 Å². The normalized spacial score (nSPS) is 36.4. The molecule has 0 spiro atoms. The fourth-order valence-electron chi connectivity index (χ4n) is 5.50. The molecule has 9 atom stereocenters. The number of carbonyl (C=O) groups is 3. The van der Waals surface area contributed by atoms with Crippen LogP contribution in [0.3, 0.4) is 0 Å². The highest BCUT2D eigenvalue weighted by molar-refractivity contribution is 6.18. The first kappa shape index (κ1) is 29.4. The molecule has 0 aromatic carbocycles. The van der Waals surface area contributed by atoms with E-state index in [1.165, 1.54) is 27.0 Å². The van der Waals surface area contributed by atoms with E-state index in [2.05, 4.69) is 0 Å². The second-order valence-corrected chi connectivity index (χ2v) is 10.9. The van der Waals surface area contributed by atoms with E-state index in [0.717, 1.165) is 5.57 Å². The number of hydrogen-bond donors (Lipinski definition) is 2. The van der Waals surface area contributed by atoms with Crippen LogP contribution in [-0.2, 0) is 38.1 Å². The predicted molar refractivity (Wildman–Crippen MR) is 131 cm³/mol. The van der Waals surface area contributed by atoms with Gasteiger partial charge in [-0.25, -0.2) is 0 Å². The van der Waals surface area contributed by atoms with Gasteiger partial charge in [0.15, 0.2) is 12.2 Å². The van der Waals surface area contributed by atoms with Gasteiger partial charge in [0.1, 0.15) is 6.10 Å². The van der Waals surface area contributed by atoms with Gasteiger partial charge in [-0.2, -0.15) is 0 Å². The maximum atomic E-state index is 12.2. The third-order valence-corrected chi connectivity index (χ3v) is 7.52. The summed E-state index contributed by atoms with van der Waals surface area (Å²) in [5, 5.41) is 23.0. The van der Waals surface area contributed by atoms with Crippen LogP contribution >= 0.6 is 11.6 Å². The van der Waals surface area contributed by atoms with E-state index in [-0.39, 0.29) is 25.1 Å². The Morgan fingerprint density at radius 1 is 1.14 bits per heavy atom. The lowest BCUT2D eigenvalue weighted by Gasteiger charge is -2.47. The molecule has 2 aliphatic heterocycles. The quantitative estimate of drug-likeness (QED) is 0.161. The molecular formula is C26H37ClO10. The second-order valence-electron chi connectivity index (χ2n) is 10.6. The van der Waals surface area contributed by atoms with Crippen molar-refractivity contribution in [3.8, 4) is 0 Å². The topological polar surface area (TPSA) is 141 Å². The van der Waals surface area contributed by atoms with E-state index in [9.17, 15) is 24.6 Å². The van der Waals surface area contributed by atoms with Gasteiger partial charge in [-0.15, -0.1) is 11.6 Å². The third kappa shape index (κ3) is 6.85. The Labute approximate surface area is 221 Å². The Morgan fingerprint density at radius 3 is 2.32 bits per heavy atom. The fraction of sp³-hybridized carbons (Fsp3) is 0.731. The fourth-order valence-corrected chi connectivity index (χ4v) is 5.79. The van der Waals surface area contributed by atoms with Gasteiger partial charge in [-0.1, -0.05) is 5.57 Å². The van der Waals surface area contributed by atoms with Crippen molar-refractivity contribution < 1.29 is 48.3 Å². The van der Waals surface area contributed by atoms with Crippen LogP contribution in [0.5, 0.6) is 0 Å². The number of epoxide rings is 1. The first-order valence-corrected chi connectivity index (χ1v) is 12.9. The molecule has 0 aromatic rings. The van der Waals surface area contributed by atoms with Gasteiger partial charge < -0.3 is 33.9 Å². The summed E-state index contributed by atoms with van der Waals surface area (Å²) in [6, 6.07) is 0. The maximum absolute atomic E-state index is 12.2. The van der Waals surface area contributed by atoms with Crippen molar-refractivity contribution in [2.45, 2.75) is 103 Å². The number of fused-ring (bicyclic) bond motifs is 2. The lowest BCUT2D eigenvalue weighted by atomic mass is 9.69. The average Bonchev–Trinajstić information content (AvgIpc) is 3.53. The summed E-state index contributed by atoms with van der Waals surface area (Å²) < 4.78 is 28.2. The zero-order valence-corrected chi connectivity index (χ0v) is 22.8. The van der Waals surface area contributed by atoms with E-state index in [0.29, 0.717) is 5.57 Å². The summed E-state index contributed by atoms with van der Waals surface area (Å²) in [6.45, 7) is 8.99. The van der Waals surface area contributed by atoms with Gasteiger partial charge in [-0.05, 0) is 45.6 Å². The molecule has 0 amide bonds. The van der Waals surface area contributed by atoms with Crippen molar-refractivity contribution in [3.05, 3.63) is 23.5 Å². The SMILES string of the molecule is CC(=O)OC(C=C(C)C)C(OC(C)=O)C1=COC(OC(C)=O)C2C1CCC(C)(O)C1OC1CC2(O)CCl. The Kier molecular flexibility index (Phi) is 8.99. The van der Waals surface area contributed by atoms with Crippen LogP contribution in [0.1, 0.15) is 60.8 Å². The molecule has 1 saturated heterocycles. The van der Waals surface area contributed by atoms with Crippen LogP contribution in [0.15, 0.2) is 23.5 Å². The average molecular weight is 545 g/mol. The van der Waals surface area contributed by atoms with Crippen molar-refractivity contribution in [1.29, 1.82) is 0 Å². The molecule has 208 valence electrons. The van der Waals surface area contributed by atoms with Crippen LogP contribution in [0.4, 0.5) is 0 Å². The van der Waals surface area contributed by atoms with Crippen molar-refractivity contribution in [2.24, 2.45) is 11.8 Å². The van der Waals surface area contributed by atoms with Crippen molar-refractivity contribution in [3.63, 3.8) is 0 Å². The summed E-state index contributed by atoms with van der Waals surface area (Å²) in [5.41, 5.74) is -1.63. The number of carbonyl (C=O) groups excluding carboxylic acids is 3. The molecule has 1 saturated carbocycles. The molecule has 11 heteroatoms. The van der Waals surface area contributed by atoms with Crippen molar-refractivity contribution >= 4 is 29.5 Å². The van der Waals surface area contributed by atoms with Crippen LogP contribution in [0, 0.1) is 11.8 Å². The van der Waals surface area contributed by atoms with E-state index in [1.54, 1.807) is 13.0 Å². The van der Waals surface area contributed by atoms with Gasteiger partial charge >= 0.3 is 17.9 Å². The Hall–Kier alpha value is -2.14. The minimum atomic E-state index is -1.64. The van der Waals surface area contributed by atoms with Gasteiger partial charge in [-0.3, -0.25) is 14.4 Å². The number of allylic oxidation sites excluding steroid dienone is 1. The minimum Gasteiger partial charge on any atom is -0.462 e. The number of hydrogen-bond acceptors (Lipinski definition) is 10. The van der Waals surface area contributed by atoms with Crippen LogP contribution in [0.25, 0.3) is 0 Å². The summed E-state index contributed by atoms with van der Waals surface area (Å²) in [5.74, 6) is -3.62. The predicted octanol–water partition coefficient (Wildman–Crippen LogP) is 2.52. The van der Waals surface area contributed by atoms with Gasteiger partial charge in [0.05, 0.1) is 35.4 Å². The highest BCUT2D eigenvalue weighted by Crippen LogP contribution is 2.51. The Morgan fingerprint density at radius 2 is 1.78 bits per heavy atom. The lowest BCUT2D eigenvalue weighted by molar-refractivity contribution is -0.213. The molecule has 3 aliphatic rings. The zero-order valence-electron chi connectivity index (χ0n) is 22.1. The molecule has 2 N–H and O–H groups in total. The highest BCUT2D eigenvalue weighted by atomic mass is 35.5. The van der Waals surface area contributed by atoms with E-state index in [1.807, 2.05) is 13.8 Å². The van der Waals surface area contributed by atoms with E-state index < -0.39 is 71.7 Å². The van der Waals surface area contributed by atoms with Gasteiger partial charge in [0.25, 0.3) is 0 Å². The number of halogens is 1. The molecule has 2 fully saturated rings. The number of rotatable bonds is 7. The molecule has 37 heavy (non-hydrogen) atoms. The van der Waals surface area contributed by atoms with Gasteiger partial charge in [0, 0.05) is 32.8 Å². The summed E-state index contributed by atoms with van der Waals surface area (Å²) in [4.78, 5) is 36.1. The van der Waals surface area contributed by atoms with Crippen LogP contribution < -0.4 is 0 Å². The molecule has 0 aromatic heterocycles. The standard InChI is InChI=1S/C26H37ClO10/c1-13(2)9-19(34-14(3)28)22(35-15(4)29)18-11-33-24(36-16(5)30)21-17(18)7-8-25(6,31)23-20(37-23)10-26(21,32)12-27/h9,11,17,19-24,31-32H,7-8,10,12H2,1-6H3. The molecule has 2 heterocycles. The largest absolute Gasteiger partial charge is 0.462 e. The maximum Gasteiger partial charge on any atom is 0.305 e. The lowest BCUT2D eigenvalue weighted by Crippen LogP contribution is -2.55. The molecule has 3 rings (SSSR count). The number of aliphatic hydroxyl groups is 2. The summed E-state index contributed by atoms with van der Waals surface area (Å²) in [7, 11) is 0.